The number of amides is 1. The van der Waals surface area contributed by atoms with E-state index in [2.05, 4.69) is 5.32 Å². The molecule has 1 amide bonds. The highest BCUT2D eigenvalue weighted by molar-refractivity contribution is 5.94. The minimum atomic E-state index is -0.403. The molecule has 0 saturated heterocycles. The summed E-state index contributed by atoms with van der Waals surface area (Å²) in [5.41, 5.74) is 8.31. The van der Waals surface area contributed by atoms with Gasteiger partial charge < -0.3 is 11.1 Å². The van der Waals surface area contributed by atoms with E-state index in [9.17, 15) is 14.9 Å². The van der Waals surface area contributed by atoms with Gasteiger partial charge in [-0.2, -0.15) is 0 Å². The van der Waals surface area contributed by atoms with Gasteiger partial charge in [-0.15, -0.1) is 0 Å². The summed E-state index contributed by atoms with van der Waals surface area (Å²) in [6.07, 6.45) is 2.59. The Bertz CT molecular complexity index is 682. The number of nitro groups is 1. The SMILES string of the molecule is NCc1ccc(C(=O)NCCCCc2ccc([N+](=O)[O-])cc2)cc1. The average Bonchev–Trinajstić information content (AvgIpc) is 2.61. The van der Waals surface area contributed by atoms with Gasteiger partial charge in [-0.05, 0) is 42.5 Å². The van der Waals surface area contributed by atoms with Crippen LogP contribution in [0.25, 0.3) is 0 Å². The molecule has 126 valence electrons. The molecule has 2 rings (SSSR count). The molecule has 0 radical (unpaired) electrons. The molecule has 0 bridgehead atoms. The van der Waals surface area contributed by atoms with Crippen LogP contribution in [0.4, 0.5) is 5.69 Å². The number of hydrogen-bond acceptors (Lipinski definition) is 4. The number of nitrogens with zero attached hydrogens (tertiary/aromatic N) is 1. The lowest BCUT2D eigenvalue weighted by atomic mass is 10.1. The summed E-state index contributed by atoms with van der Waals surface area (Å²) >= 11 is 0. The van der Waals surface area contributed by atoms with Gasteiger partial charge in [0.25, 0.3) is 11.6 Å². The predicted molar refractivity (Wildman–Crippen MR) is 92.7 cm³/mol. The Morgan fingerprint density at radius 1 is 1.00 bits per heavy atom. The third-order valence-electron chi connectivity index (χ3n) is 3.78. The predicted octanol–water partition coefficient (Wildman–Crippen LogP) is 2.81. The molecule has 0 atom stereocenters. The largest absolute Gasteiger partial charge is 0.352 e. The lowest BCUT2D eigenvalue weighted by molar-refractivity contribution is -0.384. The molecule has 0 aliphatic rings. The number of aryl methyl sites for hydroxylation is 1. The first-order valence-corrected chi connectivity index (χ1v) is 7.90. The van der Waals surface area contributed by atoms with Crippen molar-refractivity contribution in [3.05, 3.63) is 75.3 Å². The first-order chi connectivity index (χ1) is 11.6. The van der Waals surface area contributed by atoms with Crippen LogP contribution in [-0.2, 0) is 13.0 Å². The molecule has 6 nitrogen and oxygen atoms in total. The molecule has 0 fully saturated rings. The maximum Gasteiger partial charge on any atom is 0.269 e. The van der Waals surface area contributed by atoms with Crippen LogP contribution in [0.3, 0.4) is 0 Å². The van der Waals surface area contributed by atoms with Gasteiger partial charge in [0.15, 0.2) is 0 Å². The number of hydrogen-bond donors (Lipinski definition) is 2. The van der Waals surface area contributed by atoms with Crippen LogP contribution >= 0.6 is 0 Å². The second-order valence-corrected chi connectivity index (χ2v) is 5.54. The summed E-state index contributed by atoms with van der Waals surface area (Å²) in [5.74, 6) is -0.0890. The Kier molecular flexibility index (Phi) is 6.45. The molecule has 3 N–H and O–H groups in total. The first kappa shape index (κ1) is 17.6. The highest BCUT2D eigenvalue weighted by Crippen LogP contribution is 2.13. The van der Waals surface area contributed by atoms with Gasteiger partial charge in [-0.25, -0.2) is 0 Å². The van der Waals surface area contributed by atoms with Crippen molar-refractivity contribution in [2.24, 2.45) is 5.73 Å². The van der Waals surface area contributed by atoms with E-state index in [1.807, 2.05) is 12.1 Å². The molecule has 6 heteroatoms. The van der Waals surface area contributed by atoms with Gasteiger partial charge in [-0.3, -0.25) is 14.9 Å². The summed E-state index contributed by atoms with van der Waals surface area (Å²) in [4.78, 5) is 22.2. The minimum Gasteiger partial charge on any atom is -0.352 e. The zero-order valence-electron chi connectivity index (χ0n) is 13.4. The van der Waals surface area contributed by atoms with Crippen molar-refractivity contribution in [2.45, 2.75) is 25.8 Å². The molecule has 2 aromatic rings. The monoisotopic (exact) mass is 327 g/mol. The number of unbranched alkanes of at least 4 members (excludes halogenated alkanes) is 1. The molecule has 0 unspecified atom stereocenters. The summed E-state index contributed by atoms with van der Waals surface area (Å²) in [6.45, 7) is 1.06. The standard InChI is InChI=1S/C18H21N3O3/c19-13-15-4-8-16(9-5-15)18(22)20-12-2-1-3-14-6-10-17(11-7-14)21(23)24/h4-11H,1-3,12-13,19H2,(H,20,22). The van der Waals surface area contributed by atoms with Crippen LogP contribution in [0.1, 0.15) is 34.3 Å². The maximum absolute atomic E-state index is 12.0. The summed E-state index contributed by atoms with van der Waals surface area (Å²) in [5, 5.41) is 13.5. The zero-order chi connectivity index (χ0) is 17.4. The van der Waals surface area contributed by atoms with Crippen LogP contribution in [0.15, 0.2) is 48.5 Å². The molecule has 2 aromatic carbocycles. The van der Waals surface area contributed by atoms with Crippen LogP contribution in [0.2, 0.25) is 0 Å². The van der Waals surface area contributed by atoms with Crippen molar-refractivity contribution in [3.8, 4) is 0 Å². The fraction of sp³-hybridized carbons (Fsp3) is 0.278. The minimum absolute atomic E-state index is 0.0890. The highest BCUT2D eigenvalue weighted by Gasteiger charge is 2.05. The molecule has 0 aromatic heterocycles. The van der Waals surface area contributed by atoms with E-state index in [1.54, 1.807) is 24.3 Å². The van der Waals surface area contributed by atoms with Crippen LogP contribution in [-0.4, -0.2) is 17.4 Å². The fourth-order valence-corrected chi connectivity index (χ4v) is 2.33. The number of carbonyl (C=O) groups excluding carboxylic acids is 1. The lowest BCUT2D eigenvalue weighted by Gasteiger charge is -2.06. The molecule has 0 heterocycles. The maximum atomic E-state index is 12.0. The van der Waals surface area contributed by atoms with Gasteiger partial charge in [-0.1, -0.05) is 24.3 Å². The van der Waals surface area contributed by atoms with Crippen molar-refractivity contribution >= 4 is 11.6 Å². The van der Waals surface area contributed by atoms with Gasteiger partial charge in [0.05, 0.1) is 4.92 Å². The van der Waals surface area contributed by atoms with E-state index in [-0.39, 0.29) is 11.6 Å². The molecule has 0 aliphatic carbocycles. The summed E-state index contributed by atoms with van der Waals surface area (Å²) < 4.78 is 0. The van der Waals surface area contributed by atoms with Crippen molar-refractivity contribution in [2.75, 3.05) is 6.54 Å². The van der Waals surface area contributed by atoms with Crippen LogP contribution < -0.4 is 11.1 Å². The molecular formula is C18H21N3O3. The van der Waals surface area contributed by atoms with E-state index in [0.29, 0.717) is 18.7 Å². The van der Waals surface area contributed by atoms with E-state index < -0.39 is 4.92 Å². The number of nitrogens with one attached hydrogen (secondary N) is 1. The topological polar surface area (TPSA) is 98.3 Å². The zero-order valence-corrected chi connectivity index (χ0v) is 13.4. The van der Waals surface area contributed by atoms with Crippen molar-refractivity contribution in [1.29, 1.82) is 0 Å². The normalized spacial score (nSPS) is 10.4. The number of nitro benzene ring substituents is 1. The van der Waals surface area contributed by atoms with Crippen molar-refractivity contribution < 1.29 is 9.72 Å². The Hall–Kier alpha value is -2.73. The highest BCUT2D eigenvalue weighted by atomic mass is 16.6. The molecular weight excluding hydrogens is 306 g/mol. The Labute approximate surface area is 140 Å². The number of rotatable bonds is 8. The lowest BCUT2D eigenvalue weighted by Crippen LogP contribution is -2.24. The molecule has 0 spiro atoms. The van der Waals surface area contributed by atoms with Crippen molar-refractivity contribution in [1.82, 2.24) is 5.32 Å². The van der Waals surface area contributed by atoms with E-state index >= 15 is 0 Å². The van der Waals surface area contributed by atoms with E-state index in [4.69, 9.17) is 5.73 Å². The quantitative estimate of drug-likeness (QED) is 0.442. The van der Waals surface area contributed by atoms with Gasteiger partial charge >= 0.3 is 0 Å². The number of nitrogens with two attached hydrogens (primary N) is 1. The number of carbonyl (C=O) groups is 1. The Balaban J connectivity index is 1.68. The van der Waals surface area contributed by atoms with Crippen molar-refractivity contribution in [3.63, 3.8) is 0 Å². The Morgan fingerprint density at radius 3 is 2.21 bits per heavy atom. The number of non-ortho nitro benzene ring substituents is 1. The Morgan fingerprint density at radius 2 is 1.62 bits per heavy atom. The first-order valence-electron chi connectivity index (χ1n) is 7.90. The smallest absolute Gasteiger partial charge is 0.269 e. The third-order valence-corrected chi connectivity index (χ3v) is 3.78. The summed E-state index contributed by atoms with van der Waals surface area (Å²) in [7, 11) is 0. The summed E-state index contributed by atoms with van der Waals surface area (Å²) in [6, 6.07) is 13.8. The molecule has 0 aliphatic heterocycles. The fourth-order valence-electron chi connectivity index (χ4n) is 2.33. The van der Waals surface area contributed by atoms with E-state index in [1.165, 1.54) is 12.1 Å². The third kappa shape index (κ3) is 5.17. The number of benzene rings is 2. The van der Waals surface area contributed by atoms with Crippen LogP contribution in [0.5, 0.6) is 0 Å². The van der Waals surface area contributed by atoms with E-state index in [0.717, 1.165) is 30.4 Å². The second kappa shape index (κ2) is 8.79. The molecule has 24 heavy (non-hydrogen) atoms. The van der Waals surface area contributed by atoms with Crippen LogP contribution in [0, 0.1) is 10.1 Å². The molecule has 0 saturated carbocycles. The second-order valence-electron chi connectivity index (χ2n) is 5.54. The van der Waals surface area contributed by atoms with Gasteiger partial charge in [0, 0.05) is 30.8 Å². The van der Waals surface area contributed by atoms with Gasteiger partial charge in [0.1, 0.15) is 0 Å². The van der Waals surface area contributed by atoms with Gasteiger partial charge in [0.2, 0.25) is 0 Å². The average molecular weight is 327 g/mol.